The molecule has 1 atom stereocenters. The van der Waals surface area contributed by atoms with E-state index in [1.807, 2.05) is 13.8 Å². The van der Waals surface area contributed by atoms with Crippen molar-refractivity contribution in [3.05, 3.63) is 0 Å². The van der Waals surface area contributed by atoms with Crippen LogP contribution in [0, 0.1) is 0 Å². The number of likely N-dealkylation sites (N-methyl/N-ethyl adjacent to an activating group) is 1. The van der Waals surface area contributed by atoms with Crippen LogP contribution in [-0.2, 0) is 4.74 Å². The zero-order valence-corrected chi connectivity index (χ0v) is 9.12. The average Bonchev–Trinajstić information content (AvgIpc) is 2.04. The van der Waals surface area contributed by atoms with Crippen molar-refractivity contribution in [2.45, 2.75) is 32.8 Å². The van der Waals surface area contributed by atoms with Gasteiger partial charge in [0.15, 0.2) is 0 Å². The standard InChI is InChI=1S/C10H23NO2/c1-4-13-9-8-11(3)7-5-6-10(2)12/h10,12H,4-9H2,1-3H3/t10-/m1/s1. The van der Waals surface area contributed by atoms with Gasteiger partial charge in [0.25, 0.3) is 0 Å². The highest BCUT2D eigenvalue weighted by molar-refractivity contribution is 4.53. The van der Waals surface area contributed by atoms with E-state index >= 15 is 0 Å². The van der Waals surface area contributed by atoms with E-state index in [0.29, 0.717) is 0 Å². The Morgan fingerprint density at radius 3 is 2.62 bits per heavy atom. The number of hydrogen-bond acceptors (Lipinski definition) is 3. The SMILES string of the molecule is CCOCCN(C)CCC[C@@H](C)O. The number of aliphatic hydroxyl groups excluding tert-OH is 1. The molecule has 0 radical (unpaired) electrons. The number of rotatable bonds is 8. The predicted octanol–water partition coefficient (Wildman–Crippen LogP) is 1.12. The van der Waals surface area contributed by atoms with E-state index in [9.17, 15) is 0 Å². The molecule has 0 aliphatic heterocycles. The van der Waals surface area contributed by atoms with E-state index in [-0.39, 0.29) is 6.10 Å². The van der Waals surface area contributed by atoms with Gasteiger partial charge >= 0.3 is 0 Å². The third-order valence-corrected chi connectivity index (χ3v) is 1.98. The van der Waals surface area contributed by atoms with Crippen molar-refractivity contribution in [2.75, 3.05) is 33.4 Å². The summed E-state index contributed by atoms with van der Waals surface area (Å²) in [6, 6.07) is 0. The van der Waals surface area contributed by atoms with E-state index in [1.54, 1.807) is 0 Å². The van der Waals surface area contributed by atoms with E-state index in [1.165, 1.54) is 0 Å². The summed E-state index contributed by atoms with van der Waals surface area (Å²) in [6.07, 6.45) is 1.78. The van der Waals surface area contributed by atoms with Crippen LogP contribution in [0.2, 0.25) is 0 Å². The highest BCUT2D eigenvalue weighted by Crippen LogP contribution is 1.97. The quantitative estimate of drug-likeness (QED) is 0.581. The highest BCUT2D eigenvalue weighted by atomic mass is 16.5. The Bertz CT molecular complexity index is 107. The second-order valence-corrected chi connectivity index (χ2v) is 3.49. The first-order chi connectivity index (χ1) is 6.16. The molecule has 0 aromatic rings. The van der Waals surface area contributed by atoms with Gasteiger partial charge in [-0.2, -0.15) is 0 Å². The second-order valence-electron chi connectivity index (χ2n) is 3.49. The Hall–Kier alpha value is -0.120. The van der Waals surface area contributed by atoms with E-state index in [0.717, 1.165) is 39.1 Å². The van der Waals surface area contributed by atoms with Crippen molar-refractivity contribution in [1.29, 1.82) is 0 Å². The van der Waals surface area contributed by atoms with Gasteiger partial charge in [-0.05, 0) is 40.3 Å². The van der Waals surface area contributed by atoms with Gasteiger partial charge in [0, 0.05) is 13.2 Å². The minimum Gasteiger partial charge on any atom is -0.393 e. The lowest BCUT2D eigenvalue weighted by Gasteiger charge is -2.16. The molecule has 0 aromatic carbocycles. The molecule has 1 N–H and O–H groups in total. The van der Waals surface area contributed by atoms with Crippen molar-refractivity contribution in [3.63, 3.8) is 0 Å². The van der Waals surface area contributed by atoms with Crippen LogP contribution in [0.1, 0.15) is 26.7 Å². The molecule has 0 spiro atoms. The van der Waals surface area contributed by atoms with Gasteiger partial charge < -0.3 is 14.7 Å². The van der Waals surface area contributed by atoms with Crippen LogP contribution in [0.25, 0.3) is 0 Å². The van der Waals surface area contributed by atoms with Gasteiger partial charge in [0.2, 0.25) is 0 Å². The molecule has 0 aromatic heterocycles. The van der Waals surface area contributed by atoms with E-state index < -0.39 is 0 Å². The monoisotopic (exact) mass is 189 g/mol. The number of ether oxygens (including phenoxy) is 1. The van der Waals surface area contributed by atoms with Crippen molar-refractivity contribution >= 4 is 0 Å². The van der Waals surface area contributed by atoms with E-state index in [2.05, 4.69) is 11.9 Å². The van der Waals surface area contributed by atoms with Crippen LogP contribution in [0.3, 0.4) is 0 Å². The van der Waals surface area contributed by atoms with E-state index in [4.69, 9.17) is 9.84 Å². The Kier molecular flexibility index (Phi) is 8.40. The van der Waals surface area contributed by atoms with Gasteiger partial charge in [-0.25, -0.2) is 0 Å². The normalized spacial score (nSPS) is 13.6. The van der Waals surface area contributed by atoms with Crippen LogP contribution in [-0.4, -0.2) is 49.5 Å². The smallest absolute Gasteiger partial charge is 0.0593 e. The average molecular weight is 189 g/mol. The molecule has 0 unspecified atom stereocenters. The maximum Gasteiger partial charge on any atom is 0.0593 e. The van der Waals surface area contributed by atoms with Crippen molar-refractivity contribution in [1.82, 2.24) is 4.90 Å². The molecule has 0 rings (SSSR count). The third-order valence-electron chi connectivity index (χ3n) is 1.98. The molecule has 0 saturated carbocycles. The van der Waals surface area contributed by atoms with Gasteiger partial charge in [0.05, 0.1) is 12.7 Å². The summed E-state index contributed by atoms with van der Waals surface area (Å²) in [6.45, 7) is 7.46. The first-order valence-corrected chi connectivity index (χ1v) is 5.11. The molecule has 0 saturated heterocycles. The van der Waals surface area contributed by atoms with Crippen LogP contribution in [0.5, 0.6) is 0 Å². The summed E-state index contributed by atoms with van der Waals surface area (Å²) in [5.41, 5.74) is 0. The van der Waals surface area contributed by atoms with Gasteiger partial charge in [-0.15, -0.1) is 0 Å². The Morgan fingerprint density at radius 2 is 2.08 bits per heavy atom. The van der Waals surface area contributed by atoms with Gasteiger partial charge in [-0.1, -0.05) is 0 Å². The number of nitrogens with zero attached hydrogens (tertiary/aromatic N) is 1. The lowest BCUT2D eigenvalue weighted by Crippen LogP contribution is -2.24. The largest absolute Gasteiger partial charge is 0.393 e. The number of hydrogen-bond donors (Lipinski definition) is 1. The molecule has 80 valence electrons. The predicted molar refractivity (Wildman–Crippen MR) is 54.9 cm³/mol. The molecule has 0 amide bonds. The molecule has 0 fully saturated rings. The summed E-state index contributed by atoms with van der Waals surface area (Å²) in [5, 5.41) is 9.04. The first-order valence-electron chi connectivity index (χ1n) is 5.11. The molecule has 0 aliphatic rings. The molecule has 3 nitrogen and oxygen atoms in total. The molecular weight excluding hydrogens is 166 g/mol. The van der Waals surface area contributed by atoms with Crippen LogP contribution in [0.4, 0.5) is 0 Å². The minimum absolute atomic E-state index is 0.166. The third kappa shape index (κ3) is 9.80. The van der Waals surface area contributed by atoms with Crippen molar-refractivity contribution in [3.8, 4) is 0 Å². The molecule has 0 aliphatic carbocycles. The van der Waals surface area contributed by atoms with Crippen molar-refractivity contribution < 1.29 is 9.84 Å². The number of aliphatic hydroxyl groups is 1. The maximum absolute atomic E-state index is 9.04. The lowest BCUT2D eigenvalue weighted by molar-refractivity contribution is 0.118. The fraction of sp³-hybridized carbons (Fsp3) is 1.00. The molecule has 3 heteroatoms. The second kappa shape index (κ2) is 8.48. The zero-order valence-electron chi connectivity index (χ0n) is 9.12. The summed E-state index contributed by atoms with van der Waals surface area (Å²) in [5.74, 6) is 0. The van der Waals surface area contributed by atoms with Gasteiger partial charge in [0.1, 0.15) is 0 Å². The fourth-order valence-corrected chi connectivity index (χ4v) is 1.13. The zero-order chi connectivity index (χ0) is 10.1. The Morgan fingerprint density at radius 1 is 1.38 bits per heavy atom. The summed E-state index contributed by atoms with van der Waals surface area (Å²) in [4.78, 5) is 2.23. The Labute approximate surface area is 81.7 Å². The fourth-order valence-electron chi connectivity index (χ4n) is 1.13. The summed E-state index contributed by atoms with van der Waals surface area (Å²) >= 11 is 0. The van der Waals surface area contributed by atoms with Crippen LogP contribution in [0.15, 0.2) is 0 Å². The van der Waals surface area contributed by atoms with Crippen LogP contribution >= 0.6 is 0 Å². The van der Waals surface area contributed by atoms with Crippen LogP contribution < -0.4 is 0 Å². The molecule has 13 heavy (non-hydrogen) atoms. The summed E-state index contributed by atoms with van der Waals surface area (Å²) < 4.78 is 5.24. The summed E-state index contributed by atoms with van der Waals surface area (Å²) in [7, 11) is 2.08. The topological polar surface area (TPSA) is 32.7 Å². The van der Waals surface area contributed by atoms with Gasteiger partial charge in [-0.3, -0.25) is 0 Å². The minimum atomic E-state index is -0.166. The molecule has 0 heterocycles. The maximum atomic E-state index is 9.04. The first kappa shape index (κ1) is 12.9. The molecule has 0 bridgehead atoms. The molecular formula is C10H23NO2. The highest BCUT2D eigenvalue weighted by Gasteiger charge is 1.99. The van der Waals surface area contributed by atoms with Crippen molar-refractivity contribution in [2.24, 2.45) is 0 Å². The Balaban J connectivity index is 3.15. The lowest BCUT2D eigenvalue weighted by atomic mass is 10.2.